The Labute approximate surface area is 162 Å². The van der Waals surface area contributed by atoms with Gasteiger partial charge in [-0.05, 0) is 26.0 Å². The van der Waals surface area contributed by atoms with Crippen LogP contribution in [-0.4, -0.2) is 52.7 Å². The van der Waals surface area contributed by atoms with E-state index in [0.29, 0.717) is 0 Å². The first-order chi connectivity index (χ1) is 13.4. The zero-order valence-corrected chi connectivity index (χ0v) is 16.2. The number of nitrogens with zero attached hydrogens (tertiary/aromatic N) is 3. The summed E-state index contributed by atoms with van der Waals surface area (Å²) in [4.78, 5) is 38.9. The van der Waals surface area contributed by atoms with Gasteiger partial charge in [0.25, 0.3) is 0 Å². The van der Waals surface area contributed by atoms with Crippen molar-refractivity contribution in [1.29, 1.82) is 0 Å². The van der Waals surface area contributed by atoms with Crippen molar-refractivity contribution in [1.82, 2.24) is 20.0 Å². The third-order valence-corrected chi connectivity index (χ3v) is 5.81. The van der Waals surface area contributed by atoms with Gasteiger partial charge in [0.2, 0.25) is 11.8 Å². The summed E-state index contributed by atoms with van der Waals surface area (Å²) in [6.07, 6.45) is 0. The number of para-hydroxylation sites is 1. The molecule has 2 aromatic rings. The molecule has 0 spiro atoms. The van der Waals surface area contributed by atoms with Crippen LogP contribution < -0.4 is 5.32 Å². The second-order valence-corrected chi connectivity index (χ2v) is 7.26. The molecular weight excluding hydrogens is 360 g/mol. The summed E-state index contributed by atoms with van der Waals surface area (Å²) in [6.45, 7) is 3.80. The van der Waals surface area contributed by atoms with E-state index in [1.807, 2.05) is 48.9 Å². The first kappa shape index (κ1) is 18.4. The van der Waals surface area contributed by atoms with Gasteiger partial charge in [-0.3, -0.25) is 24.6 Å². The number of esters is 1. The summed E-state index contributed by atoms with van der Waals surface area (Å²) in [5.41, 5.74) is 3.35. The number of amides is 2. The second-order valence-electron chi connectivity index (χ2n) is 7.26. The van der Waals surface area contributed by atoms with Crippen LogP contribution in [0, 0.1) is 25.7 Å². The van der Waals surface area contributed by atoms with Gasteiger partial charge in [-0.2, -0.15) is 5.10 Å². The lowest BCUT2D eigenvalue weighted by Gasteiger charge is -2.20. The summed E-state index contributed by atoms with van der Waals surface area (Å²) >= 11 is 0. The summed E-state index contributed by atoms with van der Waals surface area (Å²) in [5.74, 6) is -2.61. The lowest BCUT2D eigenvalue weighted by molar-refractivity contribution is -0.147. The molecule has 4 rings (SSSR count). The van der Waals surface area contributed by atoms with Crippen molar-refractivity contribution >= 4 is 17.8 Å². The van der Waals surface area contributed by atoms with Crippen molar-refractivity contribution < 1.29 is 19.1 Å². The van der Waals surface area contributed by atoms with E-state index < -0.39 is 29.9 Å². The van der Waals surface area contributed by atoms with E-state index >= 15 is 0 Å². The number of hydrogen-bond acceptors (Lipinski definition) is 6. The van der Waals surface area contributed by atoms with Crippen molar-refractivity contribution in [3.05, 3.63) is 47.3 Å². The second kappa shape index (κ2) is 6.56. The van der Waals surface area contributed by atoms with Crippen LogP contribution in [0.25, 0.3) is 5.69 Å². The molecule has 2 aliphatic rings. The van der Waals surface area contributed by atoms with Crippen molar-refractivity contribution in [2.45, 2.75) is 25.9 Å². The molecule has 0 aliphatic carbocycles. The van der Waals surface area contributed by atoms with E-state index in [1.165, 1.54) is 14.2 Å². The highest BCUT2D eigenvalue weighted by Gasteiger charge is 2.61. The summed E-state index contributed by atoms with van der Waals surface area (Å²) in [5, 5.41) is 7.83. The predicted molar refractivity (Wildman–Crippen MR) is 99.5 cm³/mol. The average Bonchev–Trinajstić information content (AvgIpc) is 3.29. The first-order valence-corrected chi connectivity index (χ1v) is 9.13. The minimum Gasteiger partial charge on any atom is -0.468 e. The van der Waals surface area contributed by atoms with E-state index in [0.717, 1.165) is 27.5 Å². The van der Waals surface area contributed by atoms with Crippen molar-refractivity contribution in [2.75, 3.05) is 14.2 Å². The Morgan fingerprint density at radius 3 is 2.39 bits per heavy atom. The molecular formula is C20H22N4O4. The quantitative estimate of drug-likeness (QED) is 0.626. The maximum Gasteiger partial charge on any atom is 0.323 e. The molecule has 1 aromatic carbocycles. The number of fused-ring (bicyclic) bond motifs is 1. The molecule has 1 N–H and O–H groups in total. The number of nitrogens with one attached hydrogen (secondary N) is 1. The van der Waals surface area contributed by atoms with Gasteiger partial charge in [-0.15, -0.1) is 0 Å². The molecule has 2 fully saturated rings. The Kier molecular flexibility index (Phi) is 4.30. The molecule has 0 radical (unpaired) electrons. The Morgan fingerprint density at radius 2 is 1.75 bits per heavy atom. The SMILES string of the molecule is COC(=O)[C@@H]1N[C@H](c2c(C)nn(-c3ccccc3)c2C)[C@@H]2C(=O)N(C)C(=O)[C@@H]21. The molecule has 0 unspecified atom stereocenters. The van der Waals surface area contributed by atoms with Crippen LogP contribution in [0.15, 0.2) is 30.3 Å². The van der Waals surface area contributed by atoms with Gasteiger partial charge < -0.3 is 4.74 Å². The average molecular weight is 382 g/mol. The van der Waals surface area contributed by atoms with Crippen molar-refractivity contribution in [3.8, 4) is 5.69 Å². The van der Waals surface area contributed by atoms with E-state index in [2.05, 4.69) is 10.4 Å². The minimum atomic E-state index is -0.861. The lowest BCUT2D eigenvalue weighted by Crippen LogP contribution is -2.42. The lowest BCUT2D eigenvalue weighted by atomic mass is 9.86. The normalized spacial score (nSPS) is 26.6. The molecule has 4 atom stereocenters. The number of benzene rings is 1. The molecule has 2 aliphatic heterocycles. The first-order valence-electron chi connectivity index (χ1n) is 9.13. The van der Waals surface area contributed by atoms with Crippen LogP contribution in [0.4, 0.5) is 0 Å². The Morgan fingerprint density at radius 1 is 1.11 bits per heavy atom. The Hall–Kier alpha value is -3.00. The number of carbonyl (C=O) groups excluding carboxylic acids is 3. The highest BCUT2D eigenvalue weighted by atomic mass is 16.5. The molecule has 2 amide bonds. The smallest absolute Gasteiger partial charge is 0.323 e. The highest BCUT2D eigenvalue weighted by Crippen LogP contribution is 2.45. The van der Waals surface area contributed by atoms with E-state index in [1.54, 1.807) is 0 Å². The number of hydrogen-bond donors (Lipinski definition) is 1. The van der Waals surface area contributed by atoms with E-state index in [-0.39, 0.29) is 11.8 Å². The monoisotopic (exact) mass is 382 g/mol. The third-order valence-electron chi connectivity index (χ3n) is 5.81. The Balaban J connectivity index is 1.81. The van der Waals surface area contributed by atoms with Gasteiger partial charge in [0, 0.05) is 24.3 Å². The number of ether oxygens (including phenoxy) is 1. The van der Waals surface area contributed by atoms with Gasteiger partial charge in [-0.25, -0.2) is 4.68 Å². The molecule has 0 saturated carbocycles. The van der Waals surface area contributed by atoms with Gasteiger partial charge in [-0.1, -0.05) is 18.2 Å². The van der Waals surface area contributed by atoms with Crippen LogP contribution in [0.2, 0.25) is 0 Å². The number of rotatable bonds is 3. The number of carbonyl (C=O) groups is 3. The van der Waals surface area contributed by atoms with Gasteiger partial charge in [0.15, 0.2) is 0 Å². The fraction of sp³-hybridized carbons (Fsp3) is 0.400. The molecule has 1 aromatic heterocycles. The molecule has 0 bridgehead atoms. The van der Waals surface area contributed by atoms with E-state index in [4.69, 9.17) is 4.74 Å². The molecule has 3 heterocycles. The Bertz CT molecular complexity index is 968. The topological polar surface area (TPSA) is 93.5 Å². The third kappa shape index (κ3) is 2.48. The van der Waals surface area contributed by atoms with Gasteiger partial charge in [0.05, 0.1) is 30.3 Å². The molecule has 146 valence electrons. The highest BCUT2D eigenvalue weighted by molar-refractivity contribution is 6.08. The standard InChI is InChI=1S/C20H22N4O4/c1-10-13(11(2)24(22-10)12-8-6-5-7-9-12)16-14-15(17(21-16)20(27)28-4)19(26)23(3)18(14)25/h5-9,14-17,21H,1-4H3/t14-,15+,16-,17-/m1/s1. The molecule has 8 heteroatoms. The van der Waals surface area contributed by atoms with Crippen molar-refractivity contribution in [2.24, 2.45) is 11.8 Å². The fourth-order valence-corrected chi connectivity index (χ4v) is 4.49. The zero-order valence-electron chi connectivity index (χ0n) is 16.2. The minimum absolute atomic E-state index is 0.287. The van der Waals surface area contributed by atoms with Crippen LogP contribution in [-0.2, 0) is 19.1 Å². The number of aryl methyl sites for hydroxylation is 1. The number of aromatic nitrogens is 2. The maximum absolute atomic E-state index is 12.8. The summed E-state index contributed by atoms with van der Waals surface area (Å²) < 4.78 is 6.69. The molecule has 8 nitrogen and oxygen atoms in total. The summed E-state index contributed by atoms with van der Waals surface area (Å²) in [6, 6.07) is 8.33. The molecule has 2 saturated heterocycles. The maximum atomic E-state index is 12.8. The number of methoxy groups -OCH3 is 1. The van der Waals surface area contributed by atoms with E-state index in [9.17, 15) is 14.4 Å². The van der Waals surface area contributed by atoms with Crippen molar-refractivity contribution in [3.63, 3.8) is 0 Å². The molecule has 28 heavy (non-hydrogen) atoms. The fourth-order valence-electron chi connectivity index (χ4n) is 4.49. The summed E-state index contributed by atoms with van der Waals surface area (Å²) in [7, 11) is 2.74. The van der Waals surface area contributed by atoms with Crippen LogP contribution in [0.5, 0.6) is 0 Å². The largest absolute Gasteiger partial charge is 0.468 e. The number of likely N-dealkylation sites (tertiary alicyclic amines) is 1. The van der Waals surface area contributed by atoms with Gasteiger partial charge in [0.1, 0.15) is 6.04 Å². The predicted octanol–water partition coefficient (Wildman–Crippen LogP) is 0.906. The van der Waals surface area contributed by atoms with Gasteiger partial charge >= 0.3 is 5.97 Å². The van der Waals surface area contributed by atoms with Crippen LogP contribution in [0.1, 0.15) is 23.0 Å². The number of imide groups is 1. The zero-order chi connectivity index (χ0) is 20.2. The van der Waals surface area contributed by atoms with Crippen LogP contribution in [0.3, 0.4) is 0 Å². The van der Waals surface area contributed by atoms with Crippen LogP contribution >= 0.6 is 0 Å².